The summed E-state index contributed by atoms with van der Waals surface area (Å²) in [4.78, 5) is 1.30. The second-order valence-electron chi connectivity index (χ2n) is 3.51. The van der Waals surface area contributed by atoms with Crippen molar-refractivity contribution in [2.24, 2.45) is 0 Å². The Bertz CT molecular complexity index is 476. The van der Waals surface area contributed by atoms with Crippen molar-refractivity contribution in [3.8, 4) is 0 Å². The zero-order valence-corrected chi connectivity index (χ0v) is 11.2. The van der Waals surface area contributed by atoms with Crippen LogP contribution in [0.1, 0.15) is 4.88 Å². The van der Waals surface area contributed by atoms with Crippen LogP contribution in [0.5, 0.6) is 0 Å². The Hall–Kier alpha value is -0.770. The molecule has 0 fully saturated rings. The lowest BCUT2D eigenvalue weighted by molar-refractivity contribution is 0.629. The Labute approximate surface area is 113 Å². The number of halogens is 3. The number of hydrogen-bond donors (Lipinski definition) is 1. The molecule has 1 N–H and O–H groups in total. The quantitative estimate of drug-likeness (QED) is 0.794. The minimum Gasteiger partial charge on any atom is -0.385 e. The number of benzene rings is 1. The predicted molar refractivity (Wildman–Crippen MR) is 72.9 cm³/mol. The zero-order valence-electron chi connectivity index (χ0n) is 8.84. The standard InChI is InChI=1S/C12H10Cl2FNS/c13-10-6-8(7-11(14)12(10)15)16-4-3-9-2-1-5-17-9/h1-2,5-7,16H,3-4H2. The summed E-state index contributed by atoms with van der Waals surface area (Å²) in [5, 5.41) is 5.28. The van der Waals surface area contributed by atoms with Gasteiger partial charge in [-0.1, -0.05) is 29.3 Å². The number of rotatable bonds is 4. The molecule has 2 rings (SSSR count). The third kappa shape index (κ3) is 3.35. The summed E-state index contributed by atoms with van der Waals surface area (Å²) in [6, 6.07) is 7.18. The highest BCUT2D eigenvalue weighted by molar-refractivity contribution is 7.09. The van der Waals surface area contributed by atoms with Crippen molar-refractivity contribution in [3.63, 3.8) is 0 Å². The molecular weight excluding hydrogens is 280 g/mol. The van der Waals surface area contributed by atoms with Crippen molar-refractivity contribution in [2.75, 3.05) is 11.9 Å². The van der Waals surface area contributed by atoms with E-state index in [1.54, 1.807) is 11.3 Å². The Balaban J connectivity index is 1.95. The maximum absolute atomic E-state index is 13.2. The summed E-state index contributed by atoms with van der Waals surface area (Å²) in [6.07, 6.45) is 0.921. The van der Waals surface area contributed by atoms with E-state index >= 15 is 0 Å². The molecule has 17 heavy (non-hydrogen) atoms. The maximum Gasteiger partial charge on any atom is 0.160 e. The van der Waals surface area contributed by atoms with Crippen LogP contribution in [0, 0.1) is 5.82 Å². The van der Waals surface area contributed by atoms with Gasteiger partial charge in [0.2, 0.25) is 0 Å². The van der Waals surface area contributed by atoms with Gasteiger partial charge in [0.1, 0.15) is 0 Å². The van der Waals surface area contributed by atoms with Crippen molar-refractivity contribution < 1.29 is 4.39 Å². The van der Waals surface area contributed by atoms with Crippen LogP contribution in [-0.2, 0) is 6.42 Å². The monoisotopic (exact) mass is 289 g/mol. The van der Waals surface area contributed by atoms with Crippen molar-refractivity contribution in [1.82, 2.24) is 0 Å². The Morgan fingerprint density at radius 2 is 1.94 bits per heavy atom. The zero-order chi connectivity index (χ0) is 12.3. The molecule has 0 radical (unpaired) electrons. The molecule has 1 aromatic heterocycles. The largest absolute Gasteiger partial charge is 0.385 e. The van der Waals surface area contributed by atoms with Crippen LogP contribution >= 0.6 is 34.5 Å². The van der Waals surface area contributed by atoms with Crippen LogP contribution in [0.15, 0.2) is 29.6 Å². The normalized spacial score (nSPS) is 10.5. The second kappa shape index (κ2) is 5.71. The third-order valence-corrected chi connectivity index (χ3v) is 3.75. The number of hydrogen-bond acceptors (Lipinski definition) is 2. The van der Waals surface area contributed by atoms with Crippen molar-refractivity contribution in [3.05, 3.63) is 50.4 Å². The molecule has 0 bridgehead atoms. The number of nitrogens with one attached hydrogen (secondary N) is 1. The van der Waals surface area contributed by atoms with E-state index < -0.39 is 5.82 Å². The third-order valence-electron chi connectivity index (χ3n) is 2.26. The van der Waals surface area contributed by atoms with E-state index in [1.807, 2.05) is 11.4 Å². The summed E-state index contributed by atoms with van der Waals surface area (Å²) in [7, 11) is 0. The molecule has 90 valence electrons. The fourth-order valence-corrected chi connectivity index (χ4v) is 2.64. The molecule has 2 aromatic rings. The summed E-state index contributed by atoms with van der Waals surface area (Å²) >= 11 is 13.1. The Morgan fingerprint density at radius 3 is 2.53 bits per heavy atom. The fraction of sp³-hybridized carbons (Fsp3) is 0.167. The SMILES string of the molecule is Fc1c(Cl)cc(NCCc2cccs2)cc1Cl. The Kier molecular flexibility index (Phi) is 4.26. The average molecular weight is 290 g/mol. The lowest BCUT2D eigenvalue weighted by Gasteiger charge is -2.07. The molecule has 1 nitrogen and oxygen atoms in total. The van der Waals surface area contributed by atoms with Crippen molar-refractivity contribution >= 4 is 40.2 Å². The first-order valence-corrected chi connectivity index (χ1v) is 6.71. The van der Waals surface area contributed by atoms with Crippen molar-refractivity contribution in [2.45, 2.75) is 6.42 Å². The van der Waals surface area contributed by atoms with Gasteiger partial charge in [-0.25, -0.2) is 4.39 Å². The molecule has 1 heterocycles. The molecule has 0 saturated heterocycles. The van der Waals surface area contributed by atoms with E-state index in [0.29, 0.717) is 0 Å². The molecule has 1 aromatic carbocycles. The lowest BCUT2D eigenvalue weighted by Crippen LogP contribution is -2.04. The minimum absolute atomic E-state index is 0.0381. The van der Waals surface area contributed by atoms with Gasteiger partial charge in [-0.05, 0) is 30.0 Å². The molecule has 0 aliphatic heterocycles. The van der Waals surface area contributed by atoms with Gasteiger partial charge in [0.05, 0.1) is 10.0 Å². The molecule has 0 spiro atoms. The fourth-order valence-electron chi connectivity index (χ4n) is 1.44. The topological polar surface area (TPSA) is 12.0 Å². The van der Waals surface area contributed by atoms with Crippen LogP contribution in [0.2, 0.25) is 10.0 Å². The van der Waals surface area contributed by atoms with Crippen LogP contribution in [0.3, 0.4) is 0 Å². The van der Waals surface area contributed by atoms with E-state index in [2.05, 4.69) is 11.4 Å². The molecular formula is C12H10Cl2FNS. The molecule has 0 aliphatic carbocycles. The first-order chi connectivity index (χ1) is 8.16. The molecule has 0 saturated carbocycles. The summed E-state index contributed by atoms with van der Waals surface area (Å²) in [5.41, 5.74) is 0.734. The van der Waals surface area contributed by atoms with Crippen molar-refractivity contribution in [1.29, 1.82) is 0 Å². The summed E-state index contributed by atoms with van der Waals surface area (Å²) < 4.78 is 13.2. The smallest absolute Gasteiger partial charge is 0.160 e. The van der Waals surface area contributed by atoms with Gasteiger partial charge in [0.25, 0.3) is 0 Å². The van der Waals surface area contributed by atoms with Gasteiger partial charge in [0, 0.05) is 17.1 Å². The molecule has 0 atom stereocenters. The van der Waals surface area contributed by atoms with Gasteiger partial charge in [-0.3, -0.25) is 0 Å². The molecule has 0 aliphatic rings. The first-order valence-electron chi connectivity index (χ1n) is 5.07. The summed E-state index contributed by atoms with van der Waals surface area (Å²) in [5.74, 6) is -0.572. The number of anilines is 1. The van der Waals surface area contributed by atoms with E-state index in [9.17, 15) is 4.39 Å². The second-order valence-corrected chi connectivity index (χ2v) is 5.36. The molecule has 0 amide bonds. The highest BCUT2D eigenvalue weighted by Gasteiger charge is 2.07. The van der Waals surface area contributed by atoms with Gasteiger partial charge in [-0.2, -0.15) is 0 Å². The maximum atomic E-state index is 13.2. The lowest BCUT2D eigenvalue weighted by atomic mass is 10.3. The van der Waals surface area contributed by atoms with Crippen LogP contribution in [0.25, 0.3) is 0 Å². The Morgan fingerprint density at radius 1 is 1.24 bits per heavy atom. The molecule has 5 heteroatoms. The molecule has 0 unspecified atom stereocenters. The van der Waals surface area contributed by atoms with E-state index in [4.69, 9.17) is 23.2 Å². The predicted octanol–water partition coefficient (Wildman–Crippen LogP) is 4.85. The van der Waals surface area contributed by atoms with E-state index in [-0.39, 0.29) is 10.0 Å². The average Bonchev–Trinajstić information content (AvgIpc) is 2.79. The van der Waals surface area contributed by atoms with Crippen LogP contribution in [0.4, 0.5) is 10.1 Å². The van der Waals surface area contributed by atoms with Gasteiger partial charge < -0.3 is 5.32 Å². The van der Waals surface area contributed by atoms with E-state index in [1.165, 1.54) is 17.0 Å². The minimum atomic E-state index is -0.572. The highest BCUT2D eigenvalue weighted by atomic mass is 35.5. The van der Waals surface area contributed by atoms with Gasteiger partial charge in [0.15, 0.2) is 5.82 Å². The first kappa shape index (κ1) is 12.7. The summed E-state index contributed by atoms with van der Waals surface area (Å²) in [6.45, 7) is 0.763. The van der Waals surface area contributed by atoms with Crippen LogP contribution in [-0.4, -0.2) is 6.54 Å². The van der Waals surface area contributed by atoms with Gasteiger partial charge >= 0.3 is 0 Å². The van der Waals surface area contributed by atoms with Gasteiger partial charge in [-0.15, -0.1) is 11.3 Å². The van der Waals surface area contributed by atoms with Crippen LogP contribution < -0.4 is 5.32 Å². The number of thiophene rings is 1. The highest BCUT2D eigenvalue weighted by Crippen LogP contribution is 2.27. The van der Waals surface area contributed by atoms with E-state index in [0.717, 1.165) is 18.7 Å².